The fourth-order valence-electron chi connectivity index (χ4n) is 3.54. The lowest BCUT2D eigenvalue weighted by molar-refractivity contribution is 0.0193. The number of furan rings is 1. The molecule has 118 valence electrons. The molecule has 0 unspecified atom stereocenters. The molecule has 1 saturated heterocycles. The zero-order valence-electron chi connectivity index (χ0n) is 13.3. The van der Waals surface area contributed by atoms with Crippen LogP contribution in [0.25, 0.3) is 0 Å². The van der Waals surface area contributed by atoms with Gasteiger partial charge in [0.25, 0.3) is 0 Å². The molecule has 1 aliphatic carbocycles. The molecule has 22 heavy (non-hydrogen) atoms. The molecule has 4 rings (SSSR count). The van der Waals surface area contributed by atoms with Crippen LogP contribution in [0.1, 0.15) is 68.8 Å². The molecule has 0 N–H and O–H groups in total. The van der Waals surface area contributed by atoms with E-state index >= 15 is 0 Å². The summed E-state index contributed by atoms with van der Waals surface area (Å²) in [5.74, 6) is 3.50. The lowest BCUT2D eigenvalue weighted by Gasteiger charge is -2.29. The van der Waals surface area contributed by atoms with Crippen molar-refractivity contribution < 1.29 is 13.7 Å². The van der Waals surface area contributed by atoms with Gasteiger partial charge in [0.1, 0.15) is 5.76 Å². The Morgan fingerprint density at radius 3 is 2.77 bits per heavy atom. The predicted molar refractivity (Wildman–Crippen MR) is 79.7 cm³/mol. The van der Waals surface area contributed by atoms with Crippen molar-refractivity contribution in [2.24, 2.45) is 5.41 Å². The van der Waals surface area contributed by atoms with E-state index in [2.05, 4.69) is 30.9 Å². The number of hydrogen-bond acceptors (Lipinski definition) is 5. The van der Waals surface area contributed by atoms with E-state index in [-0.39, 0.29) is 17.4 Å². The van der Waals surface area contributed by atoms with E-state index in [1.807, 2.05) is 12.1 Å². The minimum Gasteiger partial charge on any atom is -0.469 e. The summed E-state index contributed by atoms with van der Waals surface area (Å²) in [4.78, 5) is 4.68. The van der Waals surface area contributed by atoms with Crippen molar-refractivity contribution in [3.63, 3.8) is 0 Å². The maximum Gasteiger partial charge on any atom is 0.230 e. The summed E-state index contributed by atoms with van der Waals surface area (Å²) in [5, 5.41) is 4.24. The molecule has 5 nitrogen and oxygen atoms in total. The van der Waals surface area contributed by atoms with Crippen LogP contribution >= 0.6 is 0 Å². The molecule has 0 radical (unpaired) electrons. The third-order valence-electron chi connectivity index (χ3n) is 4.75. The molecule has 0 spiro atoms. The van der Waals surface area contributed by atoms with Gasteiger partial charge in [-0.25, -0.2) is 0 Å². The Balaban J connectivity index is 1.51. The van der Waals surface area contributed by atoms with Gasteiger partial charge >= 0.3 is 0 Å². The van der Waals surface area contributed by atoms with Crippen LogP contribution in [0.4, 0.5) is 0 Å². The predicted octanol–water partition coefficient (Wildman–Crippen LogP) is 3.85. The summed E-state index contributed by atoms with van der Waals surface area (Å²) in [6.45, 7) is 7.37. The van der Waals surface area contributed by atoms with Crippen molar-refractivity contribution in [2.45, 2.75) is 57.5 Å². The van der Waals surface area contributed by atoms with Crippen molar-refractivity contribution in [3.05, 3.63) is 35.9 Å². The van der Waals surface area contributed by atoms with Crippen LogP contribution in [0.15, 0.2) is 27.3 Å². The van der Waals surface area contributed by atoms with Crippen molar-refractivity contribution in [2.75, 3.05) is 6.61 Å². The molecule has 3 heterocycles. The molecular formula is C17H22N2O3. The summed E-state index contributed by atoms with van der Waals surface area (Å²) >= 11 is 0. The van der Waals surface area contributed by atoms with Gasteiger partial charge in [0.2, 0.25) is 5.89 Å². The average Bonchev–Trinajstić information content (AvgIpc) is 3.00. The third-order valence-corrected chi connectivity index (χ3v) is 4.75. The highest BCUT2D eigenvalue weighted by molar-refractivity contribution is 5.23. The van der Waals surface area contributed by atoms with E-state index in [0.717, 1.165) is 36.9 Å². The molecular weight excluding hydrogens is 280 g/mol. The molecule has 0 amide bonds. The Morgan fingerprint density at radius 2 is 2.05 bits per heavy atom. The third kappa shape index (κ3) is 2.37. The van der Waals surface area contributed by atoms with E-state index in [0.29, 0.717) is 11.8 Å². The molecule has 2 aliphatic rings. The Bertz CT molecular complexity index is 641. The van der Waals surface area contributed by atoms with Crippen LogP contribution in [0.5, 0.6) is 0 Å². The standard InChI is InChI=1S/C17H22N2O3/c1-17(2,3)14-10(6-8-21-14)15-18-16(22-19-15)12-9-11(12)13-5-4-7-20-13/h4-5,7,10-12,14H,6,8-9H2,1-3H3/t10-,11-,12+,14-/m0/s1. The summed E-state index contributed by atoms with van der Waals surface area (Å²) in [5.41, 5.74) is 0.0816. The molecule has 2 aromatic rings. The lowest BCUT2D eigenvalue weighted by Crippen LogP contribution is -2.30. The molecule has 0 aromatic carbocycles. The van der Waals surface area contributed by atoms with Crippen molar-refractivity contribution in [3.8, 4) is 0 Å². The van der Waals surface area contributed by atoms with Crippen LogP contribution < -0.4 is 0 Å². The van der Waals surface area contributed by atoms with Gasteiger partial charge in [0, 0.05) is 18.4 Å². The highest BCUT2D eigenvalue weighted by Crippen LogP contribution is 2.54. The Kier molecular flexibility index (Phi) is 3.15. The zero-order chi connectivity index (χ0) is 15.3. The monoisotopic (exact) mass is 302 g/mol. The van der Waals surface area contributed by atoms with Gasteiger partial charge in [-0.1, -0.05) is 25.9 Å². The van der Waals surface area contributed by atoms with E-state index in [9.17, 15) is 0 Å². The van der Waals surface area contributed by atoms with Gasteiger partial charge in [-0.3, -0.25) is 0 Å². The number of aromatic nitrogens is 2. The quantitative estimate of drug-likeness (QED) is 0.861. The van der Waals surface area contributed by atoms with Crippen LogP contribution in [-0.4, -0.2) is 22.9 Å². The van der Waals surface area contributed by atoms with Gasteiger partial charge in [-0.2, -0.15) is 4.98 Å². The Morgan fingerprint density at radius 1 is 1.18 bits per heavy atom. The second-order valence-corrected chi connectivity index (χ2v) is 7.51. The van der Waals surface area contributed by atoms with E-state index in [1.165, 1.54) is 0 Å². The second kappa shape index (κ2) is 4.95. The van der Waals surface area contributed by atoms with Gasteiger partial charge < -0.3 is 13.7 Å². The van der Waals surface area contributed by atoms with Crippen LogP contribution in [0, 0.1) is 5.41 Å². The topological polar surface area (TPSA) is 61.3 Å². The van der Waals surface area contributed by atoms with Crippen LogP contribution in [0.2, 0.25) is 0 Å². The number of rotatable bonds is 3. The van der Waals surface area contributed by atoms with Crippen LogP contribution in [0.3, 0.4) is 0 Å². The largest absolute Gasteiger partial charge is 0.469 e. The first-order chi connectivity index (χ1) is 10.5. The molecule has 2 aromatic heterocycles. The normalized spacial score (nSPS) is 31.6. The first-order valence-corrected chi connectivity index (χ1v) is 8.02. The molecule has 0 bridgehead atoms. The van der Waals surface area contributed by atoms with Crippen molar-refractivity contribution >= 4 is 0 Å². The minimum absolute atomic E-state index is 0.0816. The Labute approximate surface area is 130 Å². The summed E-state index contributed by atoms with van der Waals surface area (Å²) < 4.78 is 16.9. The summed E-state index contributed by atoms with van der Waals surface area (Å²) in [7, 11) is 0. The fraction of sp³-hybridized carbons (Fsp3) is 0.647. The number of nitrogens with zero attached hydrogens (tertiary/aromatic N) is 2. The molecule has 1 saturated carbocycles. The molecule has 4 atom stereocenters. The van der Waals surface area contributed by atoms with E-state index in [4.69, 9.17) is 13.7 Å². The van der Waals surface area contributed by atoms with Gasteiger partial charge in [0.15, 0.2) is 5.82 Å². The van der Waals surface area contributed by atoms with Gasteiger partial charge in [-0.05, 0) is 30.4 Å². The minimum atomic E-state index is 0.0816. The summed E-state index contributed by atoms with van der Waals surface area (Å²) in [6, 6.07) is 3.94. The summed E-state index contributed by atoms with van der Waals surface area (Å²) in [6.07, 6.45) is 3.86. The first-order valence-electron chi connectivity index (χ1n) is 8.02. The number of ether oxygens (including phenoxy) is 1. The van der Waals surface area contributed by atoms with Crippen molar-refractivity contribution in [1.29, 1.82) is 0 Å². The SMILES string of the molecule is CC(C)(C)[C@H]1OCC[C@@H]1c1noc([C@@H]2C[C@@H]2c2ccco2)n1. The molecule has 1 aliphatic heterocycles. The van der Waals surface area contributed by atoms with Crippen LogP contribution in [-0.2, 0) is 4.74 Å². The molecule has 5 heteroatoms. The Hall–Kier alpha value is -1.62. The lowest BCUT2D eigenvalue weighted by atomic mass is 9.81. The number of hydrogen-bond donors (Lipinski definition) is 0. The first kappa shape index (κ1) is 14.0. The average molecular weight is 302 g/mol. The van der Waals surface area contributed by atoms with E-state index < -0.39 is 0 Å². The highest BCUT2D eigenvalue weighted by Gasteiger charge is 2.47. The highest BCUT2D eigenvalue weighted by atomic mass is 16.5. The second-order valence-electron chi connectivity index (χ2n) is 7.51. The van der Waals surface area contributed by atoms with Gasteiger partial charge in [0.05, 0.1) is 18.3 Å². The maximum absolute atomic E-state index is 5.91. The smallest absolute Gasteiger partial charge is 0.230 e. The van der Waals surface area contributed by atoms with Gasteiger partial charge in [-0.15, -0.1) is 0 Å². The maximum atomic E-state index is 5.91. The molecule has 2 fully saturated rings. The van der Waals surface area contributed by atoms with Crippen molar-refractivity contribution in [1.82, 2.24) is 10.1 Å². The fourth-order valence-corrected chi connectivity index (χ4v) is 3.54. The van der Waals surface area contributed by atoms with E-state index in [1.54, 1.807) is 6.26 Å². The zero-order valence-corrected chi connectivity index (χ0v) is 13.3.